The molecule has 2 heterocycles. The van der Waals surface area contributed by atoms with E-state index in [1.165, 1.54) is 44.2 Å². The lowest BCUT2D eigenvalue weighted by Gasteiger charge is -2.14. The second-order valence-electron chi connectivity index (χ2n) is 11.1. The summed E-state index contributed by atoms with van der Waals surface area (Å²) in [5.41, 5.74) is -2.69. The van der Waals surface area contributed by atoms with Crippen LogP contribution in [0.15, 0.2) is 114 Å². The van der Waals surface area contributed by atoms with Gasteiger partial charge >= 0.3 is 11.9 Å². The van der Waals surface area contributed by atoms with Gasteiger partial charge in [-0.3, -0.25) is 27.8 Å². The highest BCUT2D eigenvalue weighted by atomic mass is 32.2. The lowest BCUT2D eigenvalue weighted by Crippen LogP contribution is -2.29. The van der Waals surface area contributed by atoms with Gasteiger partial charge < -0.3 is 9.47 Å². The number of esters is 2. The van der Waals surface area contributed by atoms with Gasteiger partial charge in [0.05, 0.1) is 49.7 Å². The first-order valence-corrected chi connectivity index (χ1v) is 21.3. The Labute approximate surface area is 323 Å². The van der Waals surface area contributed by atoms with Crippen molar-refractivity contribution in [2.24, 2.45) is 16.1 Å². The highest BCUT2D eigenvalue weighted by molar-refractivity contribution is 7.87. The summed E-state index contributed by atoms with van der Waals surface area (Å²) in [5.74, 6) is -5.79. The third kappa shape index (κ3) is 10.4. The Bertz CT molecular complexity index is 2600. The van der Waals surface area contributed by atoms with Crippen molar-refractivity contribution in [1.29, 1.82) is 0 Å². The van der Waals surface area contributed by atoms with Gasteiger partial charge in [-0.1, -0.05) is 36.5 Å². The van der Waals surface area contributed by atoms with Crippen LogP contribution >= 0.6 is 0 Å². The zero-order chi connectivity index (χ0) is 42.7. The number of hydrogen-bond donors (Lipinski definition) is 4. The number of rotatable bonds is 14. The fourth-order valence-electron chi connectivity index (χ4n) is 4.76. The van der Waals surface area contributed by atoms with Crippen LogP contribution in [0.5, 0.6) is 0 Å². The van der Waals surface area contributed by atoms with Gasteiger partial charge in [0.2, 0.25) is 0 Å². The lowest BCUT2D eigenvalue weighted by molar-refractivity contribution is -0.136. The summed E-state index contributed by atoms with van der Waals surface area (Å²) in [4.78, 5) is 48.0. The molecule has 0 radical (unpaired) electrons. The molecule has 2 aliphatic rings. The molecule has 4 rings (SSSR count). The Morgan fingerprint density at radius 1 is 0.632 bits per heavy atom. The topological polar surface area (TPSA) is 335 Å². The highest BCUT2D eigenvalue weighted by Crippen LogP contribution is 2.32. The predicted molar refractivity (Wildman–Crippen MR) is 194 cm³/mol. The van der Waals surface area contributed by atoms with Gasteiger partial charge in [0.25, 0.3) is 52.3 Å². The maximum Gasteiger partial charge on any atom is 0.359 e. The number of ether oxygens (including phenoxy) is 2. The molecule has 0 aliphatic carbocycles. The Hall–Kier alpha value is -5.74. The van der Waals surface area contributed by atoms with Crippen molar-refractivity contribution in [3.8, 4) is 0 Å². The molecular weight excluding hydrogens is 845 g/mol. The predicted octanol–water partition coefficient (Wildman–Crippen LogP) is 1.12. The van der Waals surface area contributed by atoms with Crippen molar-refractivity contribution in [2.45, 2.75) is 33.4 Å². The molecule has 2 amide bonds. The Balaban J connectivity index is 1.63. The van der Waals surface area contributed by atoms with Crippen LogP contribution in [0, 0.1) is 5.92 Å². The van der Waals surface area contributed by atoms with Gasteiger partial charge in [-0.15, -0.1) is 0 Å². The molecule has 304 valence electrons. The van der Waals surface area contributed by atoms with E-state index in [2.05, 4.69) is 10.2 Å². The molecule has 2 aromatic carbocycles. The number of amides is 2. The van der Waals surface area contributed by atoms with Crippen LogP contribution in [0.3, 0.4) is 0 Å². The Morgan fingerprint density at radius 2 is 1.05 bits per heavy atom. The van der Waals surface area contributed by atoms with Gasteiger partial charge in [0, 0.05) is 0 Å². The van der Waals surface area contributed by atoms with Gasteiger partial charge in [-0.2, -0.15) is 53.9 Å². The van der Waals surface area contributed by atoms with Gasteiger partial charge in [-0.25, -0.2) is 9.59 Å². The number of hydrogen-bond acceptors (Lipinski definition) is 16. The molecule has 0 fully saturated rings. The third-order valence-corrected chi connectivity index (χ3v) is 10.6. The van der Waals surface area contributed by atoms with E-state index in [9.17, 15) is 71.1 Å². The minimum Gasteiger partial charge on any atom is -0.461 e. The van der Waals surface area contributed by atoms with Crippen molar-refractivity contribution in [3.05, 3.63) is 84.5 Å². The smallest absolute Gasteiger partial charge is 0.359 e. The van der Waals surface area contributed by atoms with Crippen molar-refractivity contribution in [3.63, 3.8) is 0 Å². The van der Waals surface area contributed by atoms with E-state index in [0.29, 0.717) is 46.4 Å². The van der Waals surface area contributed by atoms with Crippen LogP contribution in [0.4, 0.5) is 11.4 Å². The summed E-state index contributed by atoms with van der Waals surface area (Å²) in [6.45, 7) is 2.58. The normalized spacial score (nSPS) is 17.6. The first kappa shape index (κ1) is 44.0. The van der Waals surface area contributed by atoms with Crippen LogP contribution in [0.2, 0.25) is 0 Å². The van der Waals surface area contributed by atoms with Gasteiger partial charge in [0.15, 0.2) is 11.4 Å². The number of anilines is 2. The second-order valence-corrected chi connectivity index (χ2v) is 16.8. The Morgan fingerprint density at radius 3 is 1.51 bits per heavy atom. The number of carbonyl (C=O) groups excluding carboxylic acids is 4. The number of benzene rings is 2. The SMILES string of the molecule is CCOC(=O)C1=NN(c2cc(S(=O)(=O)O)cc(S(=O)(=O)O)c2)C(=O)\C1=C/C=C/C=C/C=C/C1C(=O)N(c2cc(S(=O)(=O)O)cc(S(=O)(=O)O)c2)N=C1C(=O)OCC. The van der Waals surface area contributed by atoms with Gasteiger partial charge in [-0.05, 0) is 56.3 Å². The molecule has 26 heteroatoms. The van der Waals surface area contributed by atoms with Crippen LogP contribution < -0.4 is 10.0 Å². The van der Waals surface area contributed by atoms with Crippen LogP contribution in [-0.4, -0.2) is 100 Å². The molecule has 22 nitrogen and oxygen atoms in total. The summed E-state index contributed by atoms with van der Waals surface area (Å²) in [6, 6.07) is 3.48. The summed E-state index contributed by atoms with van der Waals surface area (Å²) >= 11 is 0. The van der Waals surface area contributed by atoms with E-state index in [1.54, 1.807) is 0 Å². The van der Waals surface area contributed by atoms with Crippen molar-refractivity contribution in [1.82, 2.24) is 0 Å². The van der Waals surface area contributed by atoms with Crippen molar-refractivity contribution >= 4 is 87.0 Å². The van der Waals surface area contributed by atoms with E-state index in [4.69, 9.17) is 9.47 Å². The largest absolute Gasteiger partial charge is 0.461 e. The number of carbonyl (C=O) groups is 4. The number of hydrazone groups is 2. The first-order valence-electron chi connectivity index (χ1n) is 15.5. The molecule has 0 saturated heterocycles. The molecule has 2 aromatic rings. The average molecular weight is 873 g/mol. The van der Waals surface area contributed by atoms with E-state index in [0.717, 1.165) is 12.2 Å². The zero-order valence-corrected chi connectivity index (χ0v) is 32.2. The minimum atomic E-state index is -5.08. The van der Waals surface area contributed by atoms with E-state index in [-0.39, 0.29) is 13.2 Å². The number of allylic oxidation sites excluding steroid dienone is 6. The zero-order valence-electron chi connectivity index (χ0n) is 28.9. The standard InChI is InChI=1S/C31H28N4O18S4/c1-3-52-30(38)26-24(28(36)34(32-26)18-12-20(54(40,41)42)16-21(13-18)55(43,44)45)10-8-6-5-7-9-11-25-27(31(39)53-4-2)33-35(29(25)37)19-14-22(56(46,47)48)17-23(15-19)57(49,50)51/h5-17,24H,3-4H2,1-2H3,(H,40,41,42)(H,43,44,45)(H,46,47,48)(H,49,50,51)/b6-5+,9-7+,10-8+,25-11-. The maximum absolute atomic E-state index is 13.4. The Kier molecular flexibility index (Phi) is 12.9. The van der Waals surface area contributed by atoms with Crippen LogP contribution in [0.25, 0.3) is 0 Å². The molecule has 2 aliphatic heterocycles. The lowest BCUT2D eigenvalue weighted by atomic mass is 10.0. The second kappa shape index (κ2) is 16.8. The monoisotopic (exact) mass is 872 g/mol. The maximum atomic E-state index is 13.4. The summed E-state index contributed by atoms with van der Waals surface area (Å²) < 4.78 is 142. The summed E-state index contributed by atoms with van der Waals surface area (Å²) in [6.07, 6.45) is 8.63. The van der Waals surface area contributed by atoms with E-state index in [1.807, 2.05) is 0 Å². The molecule has 0 bridgehead atoms. The summed E-state index contributed by atoms with van der Waals surface area (Å²) in [7, 11) is -20.3. The fourth-order valence-corrected chi connectivity index (χ4v) is 7.09. The highest BCUT2D eigenvalue weighted by Gasteiger charge is 2.40. The van der Waals surface area contributed by atoms with Crippen molar-refractivity contribution in [2.75, 3.05) is 23.2 Å². The molecule has 0 spiro atoms. The summed E-state index contributed by atoms with van der Waals surface area (Å²) in [5, 5.41) is 8.60. The van der Waals surface area contributed by atoms with Gasteiger partial charge in [0.1, 0.15) is 5.92 Å². The van der Waals surface area contributed by atoms with E-state index >= 15 is 0 Å². The molecule has 0 aromatic heterocycles. The molecule has 1 unspecified atom stereocenters. The number of nitrogens with zero attached hydrogens (tertiary/aromatic N) is 4. The molecule has 0 saturated carbocycles. The molecule has 4 N–H and O–H groups in total. The average Bonchev–Trinajstić information content (AvgIpc) is 3.62. The minimum absolute atomic E-state index is 0.154. The van der Waals surface area contributed by atoms with Crippen molar-refractivity contribution < 1.29 is 80.5 Å². The fraction of sp³-hybridized carbons (Fsp3) is 0.161. The first-order chi connectivity index (χ1) is 26.4. The van der Waals surface area contributed by atoms with Crippen LogP contribution in [-0.2, 0) is 69.1 Å². The quantitative estimate of drug-likeness (QED) is 0.0894. The molecular formula is C31H28N4O18S4. The van der Waals surface area contributed by atoms with Crippen LogP contribution in [0.1, 0.15) is 13.8 Å². The van der Waals surface area contributed by atoms with E-state index < -0.39 is 118 Å². The third-order valence-electron chi connectivity index (χ3n) is 7.23. The molecule has 1 atom stereocenters. The molecule has 57 heavy (non-hydrogen) atoms.